The van der Waals surface area contributed by atoms with Gasteiger partial charge < -0.3 is 14.9 Å². The number of rotatable bonds is 3. The molecular formula is C16H21NO4. The molecule has 0 aromatic heterocycles. The van der Waals surface area contributed by atoms with Crippen molar-refractivity contribution < 1.29 is 19.7 Å². The molecule has 0 spiro atoms. The molecule has 5 heteroatoms. The summed E-state index contributed by atoms with van der Waals surface area (Å²) in [4.78, 5) is 11.9. The number of benzene rings is 1. The second-order valence-corrected chi connectivity index (χ2v) is 6.01. The predicted molar refractivity (Wildman–Crippen MR) is 77.5 cm³/mol. The van der Waals surface area contributed by atoms with E-state index in [0.29, 0.717) is 11.3 Å². The number of carboxylic acid groups (broad SMARTS) is 1. The molecule has 1 aliphatic carbocycles. The van der Waals surface area contributed by atoms with Gasteiger partial charge in [0.1, 0.15) is 18.1 Å². The number of fused-ring (bicyclic) bond motifs is 1. The number of phenolic OH excluding ortho intramolecular Hbond substituents is 1. The van der Waals surface area contributed by atoms with Gasteiger partial charge in [0.15, 0.2) is 5.54 Å². The Morgan fingerprint density at radius 2 is 1.95 bits per heavy atom. The molecule has 0 bridgehead atoms. The van der Waals surface area contributed by atoms with Gasteiger partial charge in [-0.1, -0.05) is 25.7 Å². The zero-order valence-electron chi connectivity index (χ0n) is 12.0. The average Bonchev–Trinajstić information content (AvgIpc) is 2.64. The Hall–Kier alpha value is -1.75. The van der Waals surface area contributed by atoms with Crippen LogP contribution in [-0.4, -0.2) is 28.8 Å². The fraction of sp³-hybridized carbons (Fsp3) is 0.562. The first-order chi connectivity index (χ1) is 10.1. The van der Waals surface area contributed by atoms with Crippen LogP contribution in [0.15, 0.2) is 18.2 Å². The van der Waals surface area contributed by atoms with Crippen molar-refractivity contribution in [3.8, 4) is 11.5 Å². The van der Waals surface area contributed by atoms with E-state index in [1.54, 1.807) is 6.07 Å². The van der Waals surface area contributed by atoms with E-state index in [4.69, 9.17) is 4.74 Å². The van der Waals surface area contributed by atoms with Crippen molar-refractivity contribution in [2.75, 3.05) is 6.61 Å². The lowest BCUT2D eigenvalue weighted by molar-refractivity contribution is -0.146. The second-order valence-electron chi connectivity index (χ2n) is 6.01. The quantitative estimate of drug-likeness (QED) is 0.745. The number of aliphatic carboxylic acids is 1. The number of hydrogen-bond acceptors (Lipinski definition) is 4. The molecule has 1 heterocycles. The molecule has 2 aliphatic rings. The van der Waals surface area contributed by atoms with E-state index in [-0.39, 0.29) is 18.4 Å². The van der Waals surface area contributed by atoms with Gasteiger partial charge in [-0.05, 0) is 25.0 Å². The van der Waals surface area contributed by atoms with Crippen molar-refractivity contribution in [1.82, 2.24) is 5.32 Å². The zero-order valence-corrected chi connectivity index (χ0v) is 12.0. The van der Waals surface area contributed by atoms with Crippen molar-refractivity contribution in [1.29, 1.82) is 0 Å². The molecule has 1 saturated carbocycles. The molecule has 114 valence electrons. The molecule has 1 atom stereocenters. The first-order valence-electron chi connectivity index (χ1n) is 7.59. The minimum Gasteiger partial charge on any atom is -0.508 e. The Balaban J connectivity index is 1.90. The van der Waals surface area contributed by atoms with Gasteiger partial charge in [-0.2, -0.15) is 0 Å². The van der Waals surface area contributed by atoms with Crippen LogP contribution < -0.4 is 10.1 Å². The minimum atomic E-state index is -1.20. The van der Waals surface area contributed by atoms with Gasteiger partial charge in [0.2, 0.25) is 0 Å². The van der Waals surface area contributed by atoms with Crippen LogP contribution in [0.25, 0.3) is 0 Å². The molecule has 0 saturated heterocycles. The van der Waals surface area contributed by atoms with Crippen LogP contribution in [0, 0.1) is 0 Å². The highest BCUT2D eigenvalue weighted by Gasteiger charge is 2.48. The van der Waals surface area contributed by atoms with E-state index >= 15 is 0 Å². The highest BCUT2D eigenvalue weighted by atomic mass is 16.5. The van der Waals surface area contributed by atoms with Gasteiger partial charge in [-0.3, -0.25) is 5.32 Å². The minimum absolute atomic E-state index is 0.0671. The van der Waals surface area contributed by atoms with Crippen LogP contribution >= 0.6 is 0 Å². The smallest absolute Gasteiger partial charge is 0.332 e. The normalized spacial score (nSPS) is 25.9. The summed E-state index contributed by atoms with van der Waals surface area (Å²) in [6.45, 7) is 0.0671. The molecule has 5 nitrogen and oxygen atoms in total. The maximum atomic E-state index is 11.9. The number of nitrogens with one attached hydrogen (secondary N) is 1. The summed E-state index contributed by atoms with van der Waals surface area (Å²) in [7, 11) is 0. The standard InChI is InChI=1S/C16H21NO4/c18-12-7-8-13-14(9-12)21-10-16(13,15(19)20)17-11-5-3-1-2-4-6-11/h7-9,11,17-18H,1-6,10H2,(H,19,20). The van der Waals surface area contributed by atoms with Crippen LogP contribution in [0.2, 0.25) is 0 Å². The summed E-state index contributed by atoms with van der Waals surface area (Å²) in [6, 6.07) is 4.84. The second kappa shape index (κ2) is 5.56. The Bertz CT molecular complexity index is 537. The highest BCUT2D eigenvalue weighted by Crippen LogP contribution is 2.40. The van der Waals surface area contributed by atoms with Gasteiger partial charge in [0, 0.05) is 17.7 Å². The van der Waals surface area contributed by atoms with Crippen LogP contribution in [0.4, 0.5) is 0 Å². The van der Waals surface area contributed by atoms with Crippen LogP contribution in [0.1, 0.15) is 44.1 Å². The molecular weight excluding hydrogens is 270 g/mol. The monoisotopic (exact) mass is 291 g/mol. The number of aromatic hydroxyl groups is 1. The largest absolute Gasteiger partial charge is 0.508 e. The number of hydrogen-bond donors (Lipinski definition) is 3. The zero-order chi connectivity index (χ0) is 14.9. The lowest BCUT2D eigenvalue weighted by Crippen LogP contribution is -2.54. The van der Waals surface area contributed by atoms with E-state index < -0.39 is 11.5 Å². The van der Waals surface area contributed by atoms with E-state index in [2.05, 4.69) is 5.32 Å². The van der Waals surface area contributed by atoms with Gasteiger partial charge in [0.25, 0.3) is 0 Å². The maximum absolute atomic E-state index is 11.9. The van der Waals surface area contributed by atoms with Crippen molar-refractivity contribution >= 4 is 5.97 Å². The number of phenols is 1. The summed E-state index contributed by atoms with van der Waals surface area (Å²) < 4.78 is 5.53. The summed E-state index contributed by atoms with van der Waals surface area (Å²) >= 11 is 0. The molecule has 21 heavy (non-hydrogen) atoms. The molecule has 1 fully saturated rings. The fourth-order valence-corrected chi connectivity index (χ4v) is 3.38. The summed E-state index contributed by atoms with van der Waals surface area (Å²) in [5.41, 5.74) is -0.588. The van der Waals surface area contributed by atoms with Gasteiger partial charge >= 0.3 is 5.97 Å². The van der Waals surface area contributed by atoms with E-state index in [0.717, 1.165) is 25.7 Å². The summed E-state index contributed by atoms with van der Waals surface area (Å²) in [5, 5.41) is 22.6. The third-order valence-corrected chi connectivity index (χ3v) is 4.54. The third-order valence-electron chi connectivity index (χ3n) is 4.54. The predicted octanol–water partition coefficient (Wildman–Crippen LogP) is 2.38. The molecule has 0 amide bonds. The first kappa shape index (κ1) is 14.2. The molecule has 1 aliphatic heterocycles. The van der Waals surface area contributed by atoms with Gasteiger partial charge in [0.05, 0.1) is 0 Å². The Kier molecular flexibility index (Phi) is 3.76. The first-order valence-corrected chi connectivity index (χ1v) is 7.59. The lowest BCUT2D eigenvalue weighted by Gasteiger charge is -2.30. The van der Waals surface area contributed by atoms with E-state index in [1.165, 1.54) is 25.0 Å². The number of ether oxygens (including phenoxy) is 1. The molecule has 1 aromatic carbocycles. The van der Waals surface area contributed by atoms with E-state index in [9.17, 15) is 15.0 Å². The third kappa shape index (κ3) is 2.58. The molecule has 0 radical (unpaired) electrons. The Labute approximate surface area is 123 Å². The van der Waals surface area contributed by atoms with Crippen LogP contribution in [0.3, 0.4) is 0 Å². The van der Waals surface area contributed by atoms with E-state index in [1.807, 2.05) is 0 Å². The molecule has 1 unspecified atom stereocenters. The molecule has 3 rings (SSSR count). The Morgan fingerprint density at radius 3 is 2.62 bits per heavy atom. The highest BCUT2D eigenvalue weighted by molar-refractivity contribution is 5.83. The maximum Gasteiger partial charge on any atom is 0.332 e. The van der Waals surface area contributed by atoms with Gasteiger partial charge in [-0.25, -0.2) is 4.79 Å². The van der Waals surface area contributed by atoms with Crippen molar-refractivity contribution in [3.63, 3.8) is 0 Å². The topological polar surface area (TPSA) is 78.8 Å². The van der Waals surface area contributed by atoms with Crippen molar-refractivity contribution in [2.45, 2.75) is 50.1 Å². The van der Waals surface area contributed by atoms with Crippen LogP contribution in [0.5, 0.6) is 11.5 Å². The molecule has 1 aromatic rings. The SMILES string of the molecule is O=C(O)C1(NC2CCCCCC2)COc2cc(O)ccc21. The van der Waals surface area contributed by atoms with Crippen molar-refractivity contribution in [2.24, 2.45) is 0 Å². The lowest BCUT2D eigenvalue weighted by atomic mass is 9.90. The number of carbonyl (C=O) groups is 1. The number of carboxylic acids is 1. The summed E-state index contributed by atoms with van der Waals surface area (Å²) in [6.07, 6.45) is 6.72. The van der Waals surface area contributed by atoms with Crippen LogP contribution in [-0.2, 0) is 10.3 Å². The van der Waals surface area contributed by atoms with Crippen molar-refractivity contribution in [3.05, 3.63) is 23.8 Å². The average molecular weight is 291 g/mol. The summed E-state index contributed by atoms with van der Waals surface area (Å²) in [5.74, 6) is -0.376. The molecule has 3 N–H and O–H groups in total. The Morgan fingerprint density at radius 1 is 1.24 bits per heavy atom. The van der Waals surface area contributed by atoms with Gasteiger partial charge in [-0.15, -0.1) is 0 Å². The fourth-order valence-electron chi connectivity index (χ4n) is 3.38.